The van der Waals surface area contributed by atoms with Gasteiger partial charge in [0.2, 0.25) is 0 Å². The topological polar surface area (TPSA) is 67.4 Å². The number of ether oxygens (including phenoxy) is 1. The van der Waals surface area contributed by atoms with Crippen molar-refractivity contribution in [3.63, 3.8) is 0 Å². The van der Waals surface area contributed by atoms with Crippen molar-refractivity contribution in [2.45, 2.75) is 0 Å². The molecule has 9 heteroatoms. The summed E-state index contributed by atoms with van der Waals surface area (Å²) in [5, 5.41) is 5.13. The first-order valence-corrected chi connectivity index (χ1v) is 10.1. The number of anilines is 2. The van der Waals surface area contributed by atoms with E-state index in [1.54, 1.807) is 0 Å². The quantitative estimate of drug-likeness (QED) is 0.417. The van der Waals surface area contributed by atoms with Crippen molar-refractivity contribution >= 4 is 55.0 Å². The van der Waals surface area contributed by atoms with E-state index in [-0.39, 0.29) is 37.2 Å². The van der Waals surface area contributed by atoms with Crippen LogP contribution in [0, 0.1) is 11.6 Å². The van der Waals surface area contributed by atoms with Crippen molar-refractivity contribution in [1.29, 1.82) is 0 Å². The summed E-state index contributed by atoms with van der Waals surface area (Å²) < 4.78 is 33.1. The van der Waals surface area contributed by atoms with E-state index in [4.69, 9.17) is 4.74 Å². The molecule has 0 unspecified atom stereocenters. The molecule has 0 spiro atoms. The molecule has 5 nitrogen and oxygen atoms in total. The van der Waals surface area contributed by atoms with Crippen molar-refractivity contribution in [3.05, 3.63) is 86.3 Å². The fourth-order valence-corrected chi connectivity index (χ4v) is 3.07. The van der Waals surface area contributed by atoms with Gasteiger partial charge in [-0.1, -0.05) is 0 Å². The molecule has 2 N–H and O–H groups in total. The minimum Gasteiger partial charge on any atom is -0.496 e. The average Bonchev–Trinajstić information content (AvgIpc) is 2.73. The molecule has 0 aliphatic heterocycles. The van der Waals surface area contributed by atoms with Crippen molar-refractivity contribution in [3.8, 4) is 5.75 Å². The van der Waals surface area contributed by atoms with Crippen molar-refractivity contribution in [2.75, 3.05) is 17.7 Å². The van der Waals surface area contributed by atoms with E-state index in [0.717, 1.165) is 6.07 Å². The predicted octanol–water partition coefficient (Wildman–Crippen LogP) is 6.00. The zero-order valence-corrected chi connectivity index (χ0v) is 18.6. The highest BCUT2D eigenvalue weighted by Gasteiger charge is 2.17. The third-order valence-corrected chi connectivity index (χ3v) is 5.35. The van der Waals surface area contributed by atoms with Gasteiger partial charge in [-0.2, -0.15) is 0 Å². The van der Waals surface area contributed by atoms with E-state index in [0.29, 0.717) is 0 Å². The summed E-state index contributed by atoms with van der Waals surface area (Å²) in [7, 11) is 1.38. The SMILES string of the molecule is COc1ccc(C(=O)Nc2ccc(Br)c(F)c2)cc1C(=O)Nc1ccc(Br)c(F)c1. The number of hydrogen-bond acceptors (Lipinski definition) is 3. The Hall–Kier alpha value is -2.78. The van der Waals surface area contributed by atoms with Crippen LogP contribution < -0.4 is 15.4 Å². The summed E-state index contributed by atoms with van der Waals surface area (Å²) in [5.74, 6) is -1.95. The van der Waals surface area contributed by atoms with Gasteiger partial charge in [0.05, 0.1) is 21.6 Å². The minimum atomic E-state index is -0.585. The zero-order chi connectivity index (χ0) is 21.8. The lowest BCUT2D eigenvalue weighted by atomic mass is 10.1. The number of amides is 2. The van der Waals surface area contributed by atoms with Crippen molar-refractivity contribution < 1.29 is 23.1 Å². The average molecular weight is 540 g/mol. The molecule has 3 aromatic carbocycles. The first kappa shape index (κ1) is 21.9. The lowest BCUT2D eigenvalue weighted by Gasteiger charge is -2.12. The third kappa shape index (κ3) is 5.03. The highest BCUT2D eigenvalue weighted by Crippen LogP contribution is 2.25. The molecule has 0 heterocycles. The number of rotatable bonds is 5. The number of carbonyl (C=O) groups excluding carboxylic acids is 2. The molecule has 3 rings (SSSR count). The Kier molecular flexibility index (Phi) is 6.84. The van der Waals surface area contributed by atoms with Gasteiger partial charge in [0.15, 0.2) is 0 Å². The Balaban J connectivity index is 1.84. The fraction of sp³-hybridized carbons (Fsp3) is 0.0476. The number of halogens is 4. The third-order valence-electron chi connectivity index (χ3n) is 4.06. The molecule has 0 bridgehead atoms. The van der Waals surface area contributed by atoms with Gasteiger partial charge in [-0.15, -0.1) is 0 Å². The number of methoxy groups -OCH3 is 1. The first-order chi connectivity index (χ1) is 14.3. The molecule has 0 aliphatic carbocycles. The molecule has 0 saturated carbocycles. The molecule has 0 atom stereocenters. The molecule has 0 aliphatic rings. The molecule has 0 saturated heterocycles. The van der Waals surface area contributed by atoms with E-state index in [1.807, 2.05) is 0 Å². The Morgan fingerprint density at radius 1 is 0.800 bits per heavy atom. The predicted molar refractivity (Wildman–Crippen MR) is 117 cm³/mol. The van der Waals surface area contributed by atoms with E-state index in [1.165, 1.54) is 55.6 Å². The highest BCUT2D eigenvalue weighted by molar-refractivity contribution is 9.10. The lowest BCUT2D eigenvalue weighted by Crippen LogP contribution is -2.17. The van der Waals surface area contributed by atoms with Crippen LogP contribution >= 0.6 is 31.9 Å². The highest BCUT2D eigenvalue weighted by atomic mass is 79.9. The summed E-state index contributed by atoms with van der Waals surface area (Å²) >= 11 is 6.09. The van der Waals surface area contributed by atoms with Gasteiger partial charge in [0, 0.05) is 16.9 Å². The second kappa shape index (κ2) is 9.36. The van der Waals surface area contributed by atoms with E-state index in [2.05, 4.69) is 42.5 Å². The largest absolute Gasteiger partial charge is 0.496 e. The van der Waals surface area contributed by atoms with Crippen LogP contribution in [0.3, 0.4) is 0 Å². The van der Waals surface area contributed by atoms with Crippen LogP contribution in [-0.4, -0.2) is 18.9 Å². The van der Waals surface area contributed by atoms with Crippen LogP contribution in [0.1, 0.15) is 20.7 Å². The Morgan fingerprint density at radius 2 is 1.33 bits per heavy atom. The lowest BCUT2D eigenvalue weighted by molar-refractivity contribution is 0.102. The number of nitrogens with one attached hydrogen (secondary N) is 2. The second-order valence-electron chi connectivity index (χ2n) is 6.08. The molecule has 2 amide bonds. The molecule has 3 aromatic rings. The molecule has 0 aromatic heterocycles. The second-order valence-corrected chi connectivity index (χ2v) is 7.79. The van der Waals surface area contributed by atoms with E-state index < -0.39 is 23.4 Å². The molecule has 0 radical (unpaired) electrons. The van der Waals surface area contributed by atoms with Crippen molar-refractivity contribution in [1.82, 2.24) is 0 Å². The zero-order valence-electron chi connectivity index (χ0n) is 15.4. The Bertz CT molecular complexity index is 1140. The molecular formula is C21H14Br2F2N2O3. The van der Waals surface area contributed by atoms with Gasteiger partial charge >= 0.3 is 0 Å². The summed E-state index contributed by atoms with van der Waals surface area (Å²) in [6.45, 7) is 0. The standard InChI is InChI=1S/C21H14Br2F2N2O3/c1-30-19-7-2-11(20(28)26-12-3-5-15(22)17(24)9-12)8-14(19)21(29)27-13-4-6-16(23)18(25)10-13/h2-10H,1H3,(H,26,28)(H,27,29). The molecule has 0 fully saturated rings. The Morgan fingerprint density at radius 3 is 1.83 bits per heavy atom. The van der Waals surface area contributed by atoms with Crippen LogP contribution in [0.15, 0.2) is 63.5 Å². The molecule has 154 valence electrons. The normalized spacial score (nSPS) is 10.4. The smallest absolute Gasteiger partial charge is 0.259 e. The molecule has 30 heavy (non-hydrogen) atoms. The summed E-state index contributed by atoms with van der Waals surface area (Å²) in [6.07, 6.45) is 0. The van der Waals surface area contributed by atoms with Crippen molar-refractivity contribution in [2.24, 2.45) is 0 Å². The van der Waals surface area contributed by atoms with Gasteiger partial charge in [-0.05, 0) is 86.5 Å². The monoisotopic (exact) mass is 538 g/mol. The van der Waals surface area contributed by atoms with Crippen LogP contribution in [0.2, 0.25) is 0 Å². The van der Waals surface area contributed by atoms with E-state index in [9.17, 15) is 18.4 Å². The fourth-order valence-electron chi connectivity index (χ4n) is 2.58. The maximum atomic E-state index is 13.7. The van der Waals surface area contributed by atoms with Gasteiger partial charge in [-0.25, -0.2) is 8.78 Å². The van der Waals surface area contributed by atoms with Crippen LogP contribution in [0.5, 0.6) is 5.75 Å². The van der Waals surface area contributed by atoms with Crippen LogP contribution in [-0.2, 0) is 0 Å². The van der Waals surface area contributed by atoms with Crippen LogP contribution in [0.25, 0.3) is 0 Å². The summed E-state index contributed by atoms with van der Waals surface area (Å²) in [4.78, 5) is 25.2. The summed E-state index contributed by atoms with van der Waals surface area (Å²) in [6, 6.07) is 12.6. The molecular weight excluding hydrogens is 526 g/mol. The van der Waals surface area contributed by atoms with Crippen LogP contribution in [0.4, 0.5) is 20.2 Å². The Labute approximate surface area is 187 Å². The summed E-state index contributed by atoms with van der Waals surface area (Å²) in [5.41, 5.74) is 0.734. The maximum absolute atomic E-state index is 13.7. The van der Waals surface area contributed by atoms with Gasteiger partial charge in [0.25, 0.3) is 11.8 Å². The number of hydrogen-bond donors (Lipinski definition) is 2. The van der Waals surface area contributed by atoms with E-state index >= 15 is 0 Å². The van der Waals surface area contributed by atoms with Gasteiger partial charge < -0.3 is 15.4 Å². The number of carbonyl (C=O) groups is 2. The maximum Gasteiger partial charge on any atom is 0.259 e. The van der Waals surface area contributed by atoms with Gasteiger partial charge in [0.1, 0.15) is 17.4 Å². The minimum absolute atomic E-state index is 0.0791. The van der Waals surface area contributed by atoms with Gasteiger partial charge in [-0.3, -0.25) is 9.59 Å². The number of benzene rings is 3. The first-order valence-electron chi connectivity index (χ1n) is 8.49.